The van der Waals surface area contributed by atoms with Crippen LogP contribution in [0.1, 0.15) is 100 Å². The maximum absolute atomic E-state index is 14.5. The molecule has 15 nitrogen and oxygen atoms in total. The number of carbonyl (C=O) groups is 6. The molecule has 1 aliphatic rings. The third-order valence-electron chi connectivity index (χ3n) is 11.6. The van der Waals surface area contributed by atoms with Gasteiger partial charge in [0.05, 0.1) is 43.7 Å². The largest absolute Gasteiger partial charge is 0.467 e. The molecule has 1 aromatic carbocycles. The number of methoxy groups -OCH3 is 3. The molecule has 1 fully saturated rings. The summed E-state index contributed by atoms with van der Waals surface area (Å²) < 4.78 is 22.5. The normalized spacial score (nSPS) is 18.4. The van der Waals surface area contributed by atoms with Gasteiger partial charge in [0.2, 0.25) is 23.6 Å². The van der Waals surface area contributed by atoms with Crippen molar-refractivity contribution in [2.45, 2.75) is 149 Å². The second kappa shape index (κ2) is 23.7. The molecule has 1 aromatic rings. The molecule has 0 bridgehead atoms. The average molecular weight is 846 g/mol. The number of esters is 1. The van der Waals surface area contributed by atoms with Gasteiger partial charge >= 0.3 is 12.1 Å². The highest BCUT2D eigenvalue weighted by molar-refractivity contribution is 5.92. The summed E-state index contributed by atoms with van der Waals surface area (Å²) in [5.74, 6) is -3.45. The minimum Gasteiger partial charge on any atom is -0.467 e. The summed E-state index contributed by atoms with van der Waals surface area (Å²) in [5, 5.41) is 5.79. The minimum absolute atomic E-state index is 0.0487. The number of benzene rings is 1. The van der Waals surface area contributed by atoms with E-state index >= 15 is 0 Å². The molecule has 0 radical (unpaired) electrons. The van der Waals surface area contributed by atoms with Gasteiger partial charge in [0.25, 0.3) is 0 Å². The molecule has 60 heavy (non-hydrogen) atoms. The lowest BCUT2D eigenvalue weighted by Gasteiger charge is -2.41. The lowest BCUT2D eigenvalue weighted by Crippen LogP contribution is -2.60. The third-order valence-corrected chi connectivity index (χ3v) is 11.6. The zero-order valence-corrected chi connectivity index (χ0v) is 38.9. The Morgan fingerprint density at radius 1 is 0.850 bits per heavy atom. The van der Waals surface area contributed by atoms with E-state index in [1.165, 1.54) is 33.3 Å². The molecule has 5 amide bonds. The molecule has 0 saturated carbocycles. The van der Waals surface area contributed by atoms with Gasteiger partial charge in [-0.2, -0.15) is 0 Å². The zero-order chi connectivity index (χ0) is 45.6. The third kappa shape index (κ3) is 14.2. The van der Waals surface area contributed by atoms with Gasteiger partial charge in [-0.05, 0) is 56.9 Å². The van der Waals surface area contributed by atoms with Crippen molar-refractivity contribution in [3.8, 4) is 0 Å². The second-order valence-electron chi connectivity index (χ2n) is 17.9. The van der Waals surface area contributed by atoms with E-state index in [2.05, 4.69) is 10.6 Å². The average Bonchev–Trinajstić information content (AvgIpc) is 3.68. The molecule has 1 heterocycles. The fourth-order valence-electron chi connectivity index (χ4n) is 8.14. The van der Waals surface area contributed by atoms with E-state index in [0.29, 0.717) is 25.8 Å². The number of likely N-dealkylation sites (tertiary alicyclic amines) is 1. The second-order valence-corrected chi connectivity index (χ2v) is 17.9. The van der Waals surface area contributed by atoms with Crippen LogP contribution >= 0.6 is 0 Å². The highest BCUT2D eigenvalue weighted by Crippen LogP contribution is 2.30. The lowest BCUT2D eigenvalue weighted by atomic mass is 9.89. The van der Waals surface area contributed by atoms with E-state index in [-0.39, 0.29) is 42.4 Å². The van der Waals surface area contributed by atoms with Crippen LogP contribution in [0.4, 0.5) is 4.79 Å². The number of likely N-dealkylation sites (N-methyl/N-ethyl adjacent to an activating group) is 2. The van der Waals surface area contributed by atoms with Crippen molar-refractivity contribution in [3.63, 3.8) is 0 Å². The first-order chi connectivity index (χ1) is 28.0. The first kappa shape index (κ1) is 51.9. The van der Waals surface area contributed by atoms with Crippen LogP contribution in [0.15, 0.2) is 30.3 Å². The molecular weight excluding hydrogens is 771 g/mol. The number of amides is 5. The van der Waals surface area contributed by atoms with Crippen molar-refractivity contribution in [2.24, 2.45) is 23.7 Å². The van der Waals surface area contributed by atoms with E-state index in [1.54, 1.807) is 44.5 Å². The van der Waals surface area contributed by atoms with E-state index < -0.39 is 77.8 Å². The summed E-state index contributed by atoms with van der Waals surface area (Å²) in [6.45, 7) is 18.8. The first-order valence-corrected chi connectivity index (χ1v) is 21.3. The molecule has 0 aromatic heterocycles. The van der Waals surface area contributed by atoms with Gasteiger partial charge in [-0.15, -0.1) is 0 Å². The molecule has 0 aliphatic carbocycles. The fraction of sp³-hybridized carbons (Fsp3) is 0.733. The Bertz CT molecular complexity index is 1570. The molecule has 0 spiro atoms. The molecule has 1 saturated heterocycles. The van der Waals surface area contributed by atoms with Gasteiger partial charge in [0.1, 0.15) is 23.7 Å². The Balaban J connectivity index is 2.31. The zero-order valence-electron chi connectivity index (χ0n) is 38.9. The Morgan fingerprint density at radius 2 is 1.47 bits per heavy atom. The smallest absolute Gasteiger partial charge is 0.410 e. The molecule has 1 aliphatic heterocycles. The number of nitrogens with zero attached hydrogens (tertiary/aromatic N) is 3. The SMILES string of the molecule is CC[C@H](C)[C@@H]([C@@H](CC(=O)N1CCC[C@H]1[C@H](OC)[C@@H](C)C(=O)NC(Cc1ccccc1)C(=O)OC)OC)N(C)C(=O)[C@@H](NC(=O)[C@H](C(C)C)N(C)C(=O)OC(C)(C)C)C(C)C. The number of hydrogen-bond donors (Lipinski definition) is 2. The predicted octanol–water partition coefficient (Wildman–Crippen LogP) is 4.84. The minimum atomic E-state index is -0.944. The first-order valence-electron chi connectivity index (χ1n) is 21.3. The van der Waals surface area contributed by atoms with Crippen LogP contribution in [-0.4, -0.2) is 140 Å². The number of carbonyl (C=O) groups excluding carboxylic acids is 6. The van der Waals surface area contributed by atoms with Crippen molar-refractivity contribution in [1.29, 1.82) is 0 Å². The standard InChI is InChI=1S/C45H75N5O10/c1-16-29(6)38(48(11)42(54)36(27(2)3)47-41(53)37(28(4)5)49(12)44(56)60-45(8,9)10)34(57-13)26-35(51)50-24-20-23-33(50)39(58-14)30(7)40(52)46-32(43(55)59-15)25-31-21-18-17-19-22-31/h17-19,21-22,27-30,32-34,36-39H,16,20,23-26H2,1-15H3,(H,46,52)(H,47,53)/t29-,30+,32?,33-,34+,36-,37-,38-,39+/m0/s1. The number of rotatable bonds is 21. The van der Waals surface area contributed by atoms with E-state index in [1.807, 2.05) is 71.9 Å². The topological polar surface area (TPSA) is 173 Å². The van der Waals surface area contributed by atoms with Crippen molar-refractivity contribution in [3.05, 3.63) is 35.9 Å². The molecular formula is C45H75N5O10. The molecule has 1 unspecified atom stereocenters. The quantitative estimate of drug-likeness (QED) is 0.163. The van der Waals surface area contributed by atoms with Crippen LogP contribution in [0.5, 0.6) is 0 Å². The Labute approximate surface area is 358 Å². The summed E-state index contributed by atoms with van der Waals surface area (Å²) >= 11 is 0. The van der Waals surface area contributed by atoms with Crippen LogP contribution in [0.25, 0.3) is 0 Å². The van der Waals surface area contributed by atoms with Crippen LogP contribution in [-0.2, 0) is 49.3 Å². The summed E-state index contributed by atoms with van der Waals surface area (Å²) in [5.41, 5.74) is 0.0996. The van der Waals surface area contributed by atoms with Gasteiger partial charge in [-0.1, -0.05) is 85.2 Å². The molecule has 2 rings (SSSR count). The van der Waals surface area contributed by atoms with Crippen molar-refractivity contribution in [2.75, 3.05) is 42.0 Å². The van der Waals surface area contributed by atoms with Crippen LogP contribution in [0.2, 0.25) is 0 Å². The number of hydrogen-bond acceptors (Lipinski definition) is 10. The molecule has 340 valence electrons. The molecule has 9 atom stereocenters. The van der Waals surface area contributed by atoms with Crippen LogP contribution in [0, 0.1) is 23.7 Å². The highest BCUT2D eigenvalue weighted by Gasteiger charge is 2.44. The summed E-state index contributed by atoms with van der Waals surface area (Å²) in [4.78, 5) is 86.7. The van der Waals surface area contributed by atoms with E-state index in [9.17, 15) is 28.8 Å². The van der Waals surface area contributed by atoms with Crippen molar-refractivity contribution >= 4 is 35.7 Å². The monoisotopic (exact) mass is 846 g/mol. The fourth-order valence-corrected chi connectivity index (χ4v) is 8.14. The maximum atomic E-state index is 14.5. The predicted molar refractivity (Wildman–Crippen MR) is 230 cm³/mol. The van der Waals surface area contributed by atoms with E-state index in [4.69, 9.17) is 18.9 Å². The number of ether oxygens (including phenoxy) is 4. The van der Waals surface area contributed by atoms with Crippen LogP contribution < -0.4 is 10.6 Å². The van der Waals surface area contributed by atoms with Gasteiger partial charge in [-0.3, -0.25) is 24.1 Å². The van der Waals surface area contributed by atoms with Crippen LogP contribution in [0.3, 0.4) is 0 Å². The lowest BCUT2D eigenvalue weighted by molar-refractivity contribution is -0.149. The van der Waals surface area contributed by atoms with E-state index in [0.717, 1.165) is 5.56 Å². The van der Waals surface area contributed by atoms with Gasteiger partial charge in [0, 0.05) is 41.3 Å². The Morgan fingerprint density at radius 3 is 1.97 bits per heavy atom. The Kier molecular flexibility index (Phi) is 20.5. The number of nitrogens with one attached hydrogen (secondary N) is 2. The molecule has 15 heteroatoms. The van der Waals surface area contributed by atoms with Gasteiger partial charge in [-0.25, -0.2) is 9.59 Å². The van der Waals surface area contributed by atoms with Crippen molar-refractivity contribution in [1.82, 2.24) is 25.3 Å². The summed E-state index contributed by atoms with van der Waals surface area (Å²) in [6.07, 6.45) is 0.136. The molecule has 2 N–H and O–H groups in total. The maximum Gasteiger partial charge on any atom is 0.410 e. The summed E-state index contributed by atoms with van der Waals surface area (Å²) in [7, 11) is 7.49. The van der Waals surface area contributed by atoms with Gasteiger partial charge in [0.15, 0.2) is 0 Å². The van der Waals surface area contributed by atoms with Gasteiger partial charge < -0.3 is 39.4 Å². The Hall–Kier alpha value is -4.24. The highest BCUT2D eigenvalue weighted by atomic mass is 16.6. The van der Waals surface area contributed by atoms with Crippen molar-refractivity contribution < 1.29 is 47.7 Å². The summed E-state index contributed by atoms with van der Waals surface area (Å²) in [6, 6.07) is 5.59.